The number of carbonyl (C=O) groups excluding carboxylic acids is 1. The van der Waals surface area contributed by atoms with Crippen LogP contribution in [0.1, 0.15) is 24.8 Å². The first kappa shape index (κ1) is 19.1. The number of aryl methyl sites for hydroxylation is 1. The van der Waals surface area contributed by atoms with E-state index in [-0.39, 0.29) is 12.4 Å². The molecule has 138 valence electrons. The highest BCUT2D eigenvalue weighted by Gasteiger charge is 2.26. The monoisotopic (exact) mass is 437 g/mol. The van der Waals surface area contributed by atoms with Crippen molar-refractivity contribution in [2.75, 3.05) is 13.1 Å². The molecule has 26 heavy (non-hydrogen) atoms. The van der Waals surface area contributed by atoms with E-state index in [9.17, 15) is 13.2 Å². The number of carbonyl (C=O) groups is 1. The summed E-state index contributed by atoms with van der Waals surface area (Å²) in [6, 6.07) is 13.8. The SMILES string of the molecule is O=C(CCc1ccc(S(=O)(=O)N2CCCC2)cc1)Oc1ccc(Br)cc1. The number of hydrogen-bond acceptors (Lipinski definition) is 4. The van der Waals surface area contributed by atoms with Crippen LogP contribution in [0.3, 0.4) is 0 Å². The van der Waals surface area contributed by atoms with Crippen LogP contribution in [0.25, 0.3) is 0 Å². The van der Waals surface area contributed by atoms with Gasteiger partial charge in [0, 0.05) is 24.0 Å². The quantitative estimate of drug-likeness (QED) is 0.509. The molecule has 0 atom stereocenters. The van der Waals surface area contributed by atoms with E-state index in [2.05, 4.69) is 15.9 Å². The Morgan fingerprint density at radius 3 is 2.23 bits per heavy atom. The Hall–Kier alpha value is -1.70. The molecule has 0 unspecified atom stereocenters. The van der Waals surface area contributed by atoms with Gasteiger partial charge in [0.2, 0.25) is 10.0 Å². The third kappa shape index (κ3) is 4.72. The van der Waals surface area contributed by atoms with Crippen LogP contribution < -0.4 is 4.74 Å². The zero-order valence-electron chi connectivity index (χ0n) is 14.2. The number of sulfonamides is 1. The molecule has 2 aromatic rings. The lowest BCUT2D eigenvalue weighted by atomic mass is 10.1. The van der Waals surface area contributed by atoms with Gasteiger partial charge in [-0.3, -0.25) is 4.79 Å². The van der Waals surface area contributed by atoms with E-state index in [1.165, 1.54) is 4.31 Å². The van der Waals surface area contributed by atoms with Crippen LogP contribution in [0.2, 0.25) is 0 Å². The normalized spacial score (nSPS) is 15.1. The maximum Gasteiger partial charge on any atom is 0.311 e. The smallest absolute Gasteiger partial charge is 0.311 e. The van der Waals surface area contributed by atoms with E-state index >= 15 is 0 Å². The first-order valence-corrected chi connectivity index (χ1v) is 10.7. The van der Waals surface area contributed by atoms with Crippen molar-refractivity contribution >= 4 is 31.9 Å². The predicted molar refractivity (Wildman–Crippen MR) is 103 cm³/mol. The molecule has 1 heterocycles. The maximum absolute atomic E-state index is 12.5. The van der Waals surface area contributed by atoms with Crippen LogP contribution in [-0.2, 0) is 21.2 Å². The molecule has 0 aliphatic carbocycles. The van der Waals surface area contributed by atoms with Crippen LogP contribution in [0.5, 0.6) is 5.75 Å². The summed E-state index contributed by atoms with van der Waals surface area (Å²) in [5.41, 5.74) is 0.901. The fourth-order valence-electron chi connectivity index (χ4n) is 2.84. The first-order chi connectivity index (χ1) is 12.4. The Kier molecular flexibility index (Phi) is 6.11. The summed E-state index contributed by atoms with van der Waals surface area (Å²) >= 11 is 3.33. The van der Waals surface area contributed by atoms with Gasteiger partial charge in [-0.05, 0) is 61.2 Å². The number of hydrogen-bond donors (Lipinski definition) is 0. The molecule has 3 rings (SSSR count). The second kappa shape index (κ2) is 8.33. The number of halogens is 1. The van der Waals surface area contributed by atoms with Gasteiger partial charge in [-0.1, -0.05) is 28.1 Å². The highest BCUT2D eigenvalue weighted by atomic mass is 79.9. The molecule has 0 radical (unpaired) electrons. The lowest BCUT2D eigenvalue weighted by Gasteiger charge is -2.15. The van der Waals surface area contributed by atoms with Gasteiger partial charge in [0.15, 0.2) is 0 Å². The molecule has 1 aliphatic heterocycles. The van der Waals surface area contributed by atoms with E-state index in [1.54, 1.807) is 36.4 Å². The molecule has 7 heteroatoms. The lowest BCUT2D eigenvalue weighted by molar-refractivity contribution is -0.134. The van der Waals surface area contributed by atoms with E-state index in [0.717, 1.165) is 22.9 Å². The number of esters is 1. The van der Waals surface area contributed by atoms with Crippen LogP contribution in [0.15, 0.2) is 57.9 Å². The van der Waals surface area contributed by atoms with Crippen molar-refractivity contribution in [2.24, 2.45) is 0 Å². The molecule has 2 aromatic carbocycles. The van der Waals surface area contributed by atoms with E-state index in [4.69, 9.17) is 4.74 Å². The highest BCUT2D eigenvalue weighted by molar-refractivity contribution is 9.10. The average molecular weight is 438 g/mol. The predicted octanol–water partition coefficient (Wildman–Crippen LogP) is 3.77. The summed E-state index contributed by atoms with van der Waals surface area (Å²) in [4.78, 5) is 12.2. The Bertz CT molecular complexity index is 857. The number of nitrogens with zero attached hydrogens (tertiary/aromatic N) is 1. The van der Waals surface area contributed by atoms with E-state index < -0.39 is 10.0 Å². The van der Waals surface area contributed by atoms with Crippen molar-refractivity contribution in [3.8, 4) is 5.75 Å². The van der Waals surface area contributed by atoms with Gasteiger partial charge in [0.25, 0.3) is 0 Å². The first-order valence-electron chi connectivity index (χ1n) is 8.50. The van der Waals surface area contributed by atoms with Gasteiger partial charge in [-0.2, -0.15) is 4.31 Å². The van der Waals surface area contributed by atoms with E-state index in [1.807, 2.05) is 12.1 Å². The van der Waals surface area contributed by atoms with Crippen molar-refractivity contribution < 1.29 is 17.9 Å². The van der Waals surface area contributed by atoms with Crippen molar-refractivity contribution in [1.29, 1.82) is 0 Å². The summed E-state index contributed by atoms with van der Waals surface area (Å²) in [6.07, 6.45) is 2.56. The van der Waals surface area contributed by atoms with E-state index in [0.29, 0.717) is 30.2 Å². The third-order valence-electron chi connectivity index (χ3n) is 4.29. The Balaban J connectivity index is 1.55. The summed E-state index contributed by atoms with van der Waals surface area (Å²) < 4.78 is 32.7. The maximum atomic E-state index is 12.5. The summed E-state index contributed by atoms with van der Waals surface area (Å²) in [6.45, 7) is 1.18. The lowest BCUT2D eigenvalue weighted by Crippen LogP contribution is -2.27. The molecule has 1 saturated heterocycles. The molecule has 0 aromatic heterocycles. The molecule has 0 N–H and O–H groups in total. The molecule has 1 fully saturated rings. The zero-order valence-corrected chi connectivity index (χ0v) is 16.6. The minimum Gasteiger partial charge on any atom is -0.427 e. The minimum absolute atomic E-state index is 0.230. The fraction of sp³-hybridized carbons (Fsp3) is 0.316. The molecular weight excluding hydrogens is 418 g/mol. The highest BCUT2D eigenvalue weighted by Crippen LogP contribution is 2.21. The average Bonchev–Trinajstić information content (AvgIpc) is 3.18. The summed E-state index contributed by atoms with van der Waals surface area (Å²) in [5.74, 6) is 0.186. The fourth-order valence-corrected chi connectivity index (χ4v) is 4.62. The van der Waals surface area contributed by atoms with Crippen LogP contribution in [0, 0.1) is 0 Å². The molecule has 0 saturated carbocycles. The molecule has 0 bridgehead atoms. The minimum atomic E-state index is -3.39. The Morgan fingerprint density at radius 2 is 1.62 bits per heavy atom. The van der Waals surface area contributed by atoms with Crippen molar-refractivity contribution in [3.05, 3.63) is 58.6 Å². The van der Waals surface area contributed by atoms with Gasteiger partial charge < -0.3 is 4.74 Å². The Morgan fingerprint density at radius 1 is 1.00 bits per heavy atom. The molecular formula is C19H20BrNO4S. The van der Waals surface area contributed by atoms with Gasteiger partial charge in [-0.25, -0.2) is 8.42 Å². The molecule has 1 aliphatic rings. The number of rotatable bonds is 6. The van der Waals surface area contributed by atoms with Crippen LogP contribution in [-0.4, -0.2) is 31.8 Å². The largest absolute Gasteiger partial charge is 0.427 e. The van der Waals surface area contributed by atoms with Gasteiger partial charge in [-0.15, -0.1) is 0 Å². The second-order valence-electron chi connectivity index (χ2n) is 6.18. The standard InChI is InChI=1S/C19H20BrNO4S/c20-16-6-8-17(9-7-16)25-19(22)12-5-15-3-10-18(11-4-15)26(23,24)21-13-1-2-14-21/h3-4,6-11H,1-2,5,12-14H2. The van der Waals surface area contributed by atoms with Crippen LogP contribution in [0.4, 0.5) is 0 Å². The van der Waals surface area contributed by atoms with Crippen LogP contribution >= 0.6 is 15.9 Å². The summed E-state index contributed by atoms with van der Waals surface area (Å²) in [5, 5.41) is 0. The number of ether oxygens (including phenoxy) is 1. The molecule has 0 spiro atoms. The van der Waals surface area contributed by atoms with Gasteiger partial charge in [0.1, 0.15) is 5.75 Å². The van der Waals surface area contributed by atoms with Gasteiger partial charge >= 0.3 is 5.97 Å². The summed E-state index contributed by atoms with van der Waals surface area (Å²) in [7, 11) is -3.39. The Labute approximate surface area is 162 Å². The zero-order chi connectivity index (χ0) is 18.6. The van der Waals surface area contributed by atoms with Crippen molar-refractivity contribution in [2.45, 2.75) is 30.6 Å². The second-order valence-corrected chi connectivity index (χ2v) is 9.04. The third-order valence-corrected chi connectivity index (χ3v) is 6.73. The topological polar surface area (TPSA) is 63.7 Å². The molecule has 5 nitrogen and oxygen atoms in total. The van der Waals surface area contributed by atoms with Crippen molar-refractivity contribution in [1.82, 2.24) is 4.31 Å². The number of benzene rings is 2. The molecule has 0 amide bonds. The van der Waals surface area contributed by atoms with Gasteiger partial charge in [0.05, 0.1) is 4.90 Å². The van der Waals surface area contributed by atoms with Crippen molar-refractivity contribution in [3.63, 3.8) is 0 Å².